The van der Waals surface area contributed by atoms with Gasteiger partial charge in [-0.1, -0.05) is 182 Å². The average molecular weight is 861 g/mol. The lowest BCUT2D eigenvalue weighted by molar-refractivity contribution is -0.870. The molecule has 0 saturated heterocycles. The summed E-state index contributed by atoms with van der Waals surface area (Å²) in [7, 11) is 1.63. The number of carbonyl (C=O) groups excluding carboxylic acids is 1. The molecule has 0 rings (SSSR count). The van der Waals surface area contributed by atoms with Crippen molar-refractivity contribution in [2.24, 2.45) is 0 Å². The molecule has 0 saturated carbocycles. The van der Waals surface area contributed by atoms with Gasteiger partial charge >= 0.3 is 13.8 Å². The molecule has 2 unspecified atom stereocenters. The van der Waals surface area contributed by atoms with Crippen LogP contribution < -0.4 is 0 Å². The van der Waals surface area contributed by atoms with E-state index in [0.29, 0.717) is 24.1 Å². The predicted molar refractivity (Wildman–Crippen MR) is 256 cm³/mol. The third-order valence-electron chi connectivity index (χ3n) is 9.72. The molecule has 0 aliphatic rings. The first-order valence-electron chi connectivity index (χ1n) is 23.8. The Hall–Kier alpha value is -2.32. The van der Waals surface area contributed by atoms with Gasteiger partial charge in [0.15, 0.2) is 0 Å². The van der Waals surface area contributed by atoms with Gasteiger partial charge in [0, 0.05) is 13.0 Å². The smallest absolute Gasteiger partial charge is 0.457 e. The van der Waals surface area contributed by atoms with E-state index in [-0.39, 0.29) is 25.8 Å². The second-order valence-corrected chi connectivity index (χ2v) is 18.2. The Morgan fingerprint density at radius 1 is 0.533 bits per heavy atom. The second-order valence-electron chi connectivity index (χ2n) is 16.8. The molecule has 9 heteroatoms. The van der Waals surface area contributed by atoms with E-state index in [1.165, 1.54) is 70.6 Å². The van der Waals surface area contributed by atoms with Crippen LogP contribution in [0, 0.1) is 0 Å². The summed E-state index contributed by atoms with van der Waals surface area (Å²) in [6.45, 7) is 5.38. The Morgan fingerprint density at radius 3 is 1.42 bits per heavy atom. The number of hydrogen-bond donors (Lipinski definition) is 1. The summed E-state index contributed by atoms with van der Waals surface area (Å²) >= 11 is 0. The summed E-state index contributed by atoms with van der Waals surface area (Å²) in [5.41, 5.74) is 0. The van der Waals surface area contributed by atoms with Crippen LogP contribution in [0.5, 0.6) is 0 Å². The number of unbranched alkanes of at least 4 members (excludes halogenated alkanes) is 15. The zero-order valence-electron chi connectivity index (χ0n) is 39.2. The predicted octanol–water partition coefficient (Wildman–Crippen LogP) is 14.4. The number of allylic oxidation sites excluding steroid dienone is 14. The van der Waals surface area contributed by atoms with Crippen LogP contribution in [-0.2, 0) is 27.9 Å². The minimum absolute atomic E-state index is 0.0766. The number of phosphoric ester groups is 1. The number of esters is 1. The highest BCUT2D eigenvalue weighted by atomic mass is 31.2. The van der Waals surface area contributed by atoms with Crippen molar-refractivity contribution in [3.63, 3.8) is 0 Å². The van der Waals surface area contributed by atoms with Gasteiger partial charge in [-0.3, -0.25) is 13.8 Å². The summed E-state index contributed by atoms with van der Waals surface area (Å²) in [4.78, 5) is 22.9. The van der Waals surface area contributed by atoms with Crippen molar-refractivity contribution in [3.05, 3.63) is 85.1 Å². The van der Waals surface area contributed by atoms with E-state index in [2.05, 4.69) is 98.9 Å². The first-order valence-corrected chi connectivity index (χ1v) is 25.3. The fourth-order valence-corrected chi connectivity index (χ4v) is 6.80. The van der Waals surface area contributed by atoms with Gasteiger partial charge in [0.1, 0.15) is 19.3 Å². The summed E-state index contributed by atoms with van der Waals surface area (Å²) in [6.07, 6.45) is 57.7. The van der Waals surface area contributed by atoms with Gasteiger partial charge in [-0.25, -0.2) is 4.57 Å². The number of ether oxygens (including phenoxy) is 2. The topological polar surface area (TPSA) is 91.3 Å². The summed E-state index contributed by atoms with van der Waals surface area (Å²) < 4.78 is 35.0. The van der Waals surface area contributed by atoms with Crippen molar-refractivity contribution in [2.45, 2.75) is 180 Å². The largest absolute Gasteiger partial charge is 0.472 e. The van der Waals surface area contributed by atoms with Crippen molar-refractivity contribution in [1.82, 2.24) is 0 Å². The maximum atomic E-state index is 12.7. The molecule has 346 valence electrons. The maximum absolute atomic E-state index is 12.7. The molecule has 1 N–H and O–H groups in total. The highest BCUT2D eigenvalue weighted by Gasteiger charge is 2.26. The van der Waals surface area contributed by atoms with Crippen LogP contribution in [0.4, 0.5) is 0 Å². The van der Waals surface area contributed by atoms with E-state index < -0.39 is 13.9 Å². The molecule has 60 heavy (non-hydrogen) atoms. The van der Waals surface area contributed by atoms with Gasteiger partial charge in [0.25, 0.3) is 0 Å². The Kier molecular flexibility index (Phi) is 41.7. The van der Waals surface area contributed by atoms with Crippen molar-refractivity contribution in [3.8, 4) is 0 Å². The number of phosphoric acid groups is 1. The first-order chi connectivity index (χ1) is 29.1. The fourth-order valence-electron chi connectivity index (χ4n) is 6.06. The summed E-state index contributed by atoms with van der Waals surface area (Å²) in [6, 6.07) is 0. The molecule has 0 aliphatic carbocycles. The highest BCUT2D eigenvalue weighted by molar-refractivity contribution is 7.47. The van der Waals surface area contributed by atoms with Crippen LogP contribution >= 0.6 is 7.82 Å². The second kappa shape index (κ2) is 43.3. The molecule has 0 aromatic rings. The zero-order chi connectivity index (χ0) is 44.1. The van der Waals surface area contributed by atoms with E-state index in [0.717, 1.165) is 83.5 Å². The quantitative estimate of drug-likeness (QED) is 0.0215. The van der Waals surface area contributed by atoms with Crippen molar-refractivity contribution in [2.75, 3.05) is 54.1 Å². The maximum Gasteiger partial charge on any atom is 0.472 e. The highest BCUT2D eigenvalue weighted by Crippen LogP contribution is 2.43. The van der Waals surface area contributed by atoms with E-state index in [9.17, 15) is 14.3 Å². The van der Waals surface area contributed by atoms with Gasteiger partial charge < -0.3 is 18.9 Å². The number of hydrogen-bond acceptors (Lipinski definition) is 6. The van der Waals surface area contributed by atoms with E-state index >= 15 is 0 Å². The number of nitrogens with zero attached hydrogens (tertiary/aromatic N) is 1. The molecule has 0 bridgehead atoms. The minimum atomic E-state index is -4.29. The van der Waals surface area contributed by atoms with Crippen LogP contribution in [0.1, 0.15) is 174 Å². The lowest BCUT2D eigenvalue weighted by Crippen LogP contribution is -2.37. The van der Waals surface area contributed by atoms with Crippen LogP contribution in [-0.4, -0.2) is 75.6 Å². The molecule has 8 nitrogen and oxygen atoms in total. The minimum Gasteiger partial charge on any atom is -0.457 e. The van der Waals surface area contributed by atoms with Gasteiger partial charge in [0.2, 0.25) is 0 Å². The van der Waals surface area contributed by atoms with Crippen molar-refractivity contribution in [1.29, 1.82) is 0 Å². The molecule has 0 aromatic carbocycles. The summed E-state index contributed by atoms with van der Waals surface area (Å²) in [5, 5.41) is 0. The average Bonchev–Trinajstić information content (AvgIpc) is 3.20. The lowest BCUT2D eigenvalue weighted by Gasteiger charge is -2.24. The van der Waals surface area contributed by atoms with Crippen LogP contribution in [0.25, 0.3) is 0 Å². The van der Waals surface area contributed by atoms with Crippen molar-refractivity contribution < 1.29 is 37.3 Å². The zero-order valence-corrected chi connectivity index (χ0v) is 40.1. The first kappa shape index (κ1) is 57.7. The Labute approximate surface area is 369 Å². The molecule has 0 radical (unpaired) electrons. The van der Waals surface area contributed by atoms with Crippen molar-refractivity contribution >= 4 is 13.8 Å². The van der Waals surface area contributed by atoms with Crippen LogP contribution in [0.15, 0.2) is 85.1 Å². The third-order valence-corrected chi connectivity index (χ3v) is 10.7. The SMILES string of the molecule is CC/C=C\C/C=C\C/C=C\C/C=C\C/C=C\C/C=C\C/C=C\CCCCOCC(COP(=O)(O)OCC[N+](C)(C)C)OC(=O)CCCCCCCCCCCCCCCC. The molecule has 0 aromatic heterocycles. The molecule has 2 atom stereocenters. The Balaban J connectivity index is 4.29. The van der Waals surface area contributed by atoms with Crippen LogP contribution in [0.3, 0.4) is 0 Å². The molecule has 0 amide bonds. The number of carbonyl (C=O) groups is 1. The summed E-state index contributed by atoms with van der Waals surface area (Å²) in [5.74, 6) is -0.332. The standard InChI is InChI=1S/C51H90NO7P/c1-6-8-10-12-14-16-18-20-22-23-24-25-26-27-28-29-30-31-33-35-37-39-41-43-46-56-48-50(49-58-60(54,55)57-47-45-52(3,4)5)59-51(53)44-42-40-38-36-34-32-21-19-17-15-13-11-9-7-2/h8,10,14,16,20,22,24-25,27-28,30-31,35,37,50H,6-7,9,11-13,15,17-19,21,23,26,29,32-34,36,38-49H2,1-5H3/p+1/b10-8-,16-14-,22-20-,25-24-,28-27-,31-30-,37-35-. The van der Waals surface area contributed by atoms with Gasteiger partial charge in [-0.2, -0.15) is 0 Å². The fraction of sp³-hybridized carbons (Fsp3) is 0.706. The molecule has 0 heterocycles. The molecular formula is C51H91NO7P+. The lowest BCUT2D eigenvalue weighted by atomic mass is 10.0. The number of quaternary nitrogens is 1. The molecule has 0 aliphatic heterocycles. The molecule has 0 spiro atoms. The number of likely N-dealkylation sites (N-methyl/N-ethyl adjacent to an activating group) is 1. The molecule has 0 fully saturated rings. The van der Waals surface area contributed by atoms with Gasteiger partial charge in [-0.15, -0.1) is 0 Å². The van der Waals surface area contributed by atoms with E-state index in [1.807, 2.05) is 21.1 Å². The normalized spacial score (nSPS) is 14.4. The van der Waals surface area contributed by atoms with Gasteiger partial charge in [-0.05, 0) is 70.6 Å². The Morgan fingerprint density at radius 2 is 0.967 bits per heavy atom. The number of rotatable bonds is 43. The third kappa shape index (κ3) is 46.7. The van der Waals surface area contributed by atoms with Gasteiger partial charge in [0.05, 0.1) is 34.4 Å². The monoisotopic (exact) mass is 861 g/mol. The van der Waals surface area contributed by atoms with Crippen LogP contribution in [0.2, 0.25) is 0 Å². The van der Waals surface area contributed by atoms with E-state index in [4.69, 9.17) is 18.5 Å². The Bertz CT molecular complexity index is 1230. The van der Waals surface area contributed by atoms with E-state index in [1.54, 1.807) is 0 Å². The molecular weight excluding hydrogens is 770 g/mol.